The number of ketones is 1. The van der Waals surface area contributed by atoms with Crippen LogP contribution < -0.4 is 10.4 Å². The lowest BCUT2D eigenvalue weighted by Gasteiger charge is -2.44. The van der Waals surface area contributed by atoms with Crippen LogP contribution in [0.1, 0.15) is 27.2 Å². The number of rotatable bonds is 5. The van der Waals surface area contributed by atoms with Crippen molar-refractivity contribution in [1.82, 2.24) is 0 Å². The second-order valence-corrected chi connectivity index (χ2v) is 10.2. The Hall–Kier alpha value is -1.78. The summed E-state index contributed by atoms with van der Waals surface area (Å²) in [6.45, 7) is 6.19. The number of carbonyl (C=O) groups is 1. The van der Waals surface area contributed by atoms with Crippen LogP contribution in [0.25, 0.3) is 0 Å². The third kappa shape index (κ3) is 3.91. The first-order valence-corrected chi connectivity index (χ1v) is 10.4. The van der Waals surface area contributed by atoms with Crippen LogP contribution in [0.4, 0.5) is 4.39 Å². The van der Waals surface area contributed by atoms with Crippen molar-refractivity contribution in [2.24, 2.45) is 11.3 Å². The molecule has 4 heteroatoms. The van der Waals surface area contributed by atoms with E-state index in [-0.39, 0.29) is 29.6 Å². The Bertz CT molecular complexity index is 672. The van der Waals surface area contributed by atoms with Gasteiger partial charge in [0.25, 0.3) is 0 Å². The van der Waals surface area contributed by atoms with E-state index in [1.165, 1.54) is 10.4 Å². The van der Waals surface area contributed by atoms with Crippen LogP contribution in [0.15, 0.2) is 60.7 Å². The average Bonchev–Trinajstić information content (AvgIpc) is 2.61. The molecular weight excluding hydrogens is 331 g/mol. The van der Waals surface area contributed by atoms with Gasteiger partial charge in [-0.25, -0.2) is 4.39 Å². The molecule has 0 heterocycles. The van der Waals surface area contributed by atoms with Crippen molar-refractivity contribution in [2.75, 3.05) is 0 Å². The number of Topliss-reactive ketones (excluding diaryl/α,β-unsaturated/α-hetero) is 1. The van der Waals surface area contributed by atoms with Gasteiger partial charge in [0.15, 0.2) is 12.0 Å². The average molecular weight is 357 g/mol. The van der Waals surface area contributed by atoms with Gasteiger partial charge >= 0.3 is 0 Å². The molecule has 25 heavy (non-hydrogen) atoms. The zero-order valence-electron chi connectivity index (χ0n) is 15.0. The minimum absolute atomic E-state index is 0.232. The molecule has 1 fully saturated rings. The van der Waals surface area contributed by atoms with Crippen molar-refractivity contribution in [3.05, 3.63) is 60.7 Å². The third-order valence-electron chi connectivity index (χ3n) is 4.85. The highest BCUT2D eigenvalue weighted by Crippen LogP contribution is 2.39. The van der Waals surface area contributed by atoms with E-state index < -0.39 is 15.2 Å². The van der Waals surface area contributed by atoms with Crippen molar-refractivity contribution in [3.63, 3.8) is 0 Å². The fourth-order valence-electron chi connectivity index (χ4n) is 3.49. The summed E-state index contributed by atoms with van der Waals surface area (Å²) in [5.41, 5.74) is -0.232. The third-order valence-corrected chi connectivity index (χ3v) is 7.40. The summed E-state index contributed by atoms with van der Waals surface area (Å²) in [4.78, 5) is 11.5. The van der Waals surface area contributed by atoms with E-state index in [9.17, 15) is 9.18 Å². The molecule has 3 atom stereocenters. The summed E-state index contributed by atoms with van der Waals surface area (Å²) in [6, 6.07) is 20.4. The molecule has 132 valence electrons. The Balaban J connectivity index is 1.94. The van der Waals surface area contributed by atoms with Gasteiger partial charge in [0.05, 0.1) is 6.10 Å². The van der Waals surface area contributed by atoms with E-state index >= 15 is 0 Å². The standard InChI is InChI=1S/C21H25FO2Si/c1-21(2,3)20(17-14-18(23)19(17)22)24-25(15-10-6-4-7-11-15)16-12-8-5-9-13-16/h4-13,17,19-20,25H,14H2,1-3H3/t17-,19-,20?/m1/s1. The monoisotopic (exact) mass is 356 g/mol. The summed E-state index contributed by atoms with van der Waals surface area (Å²) >= 11 is 0. The molecule has 1 saturated carbocycles. The SMILES string of the molecule is CC(C)(C)C(O[SiH](c1ccccc1)c1ccccc1)[C@@H]1CC(=O)[C@@H]1F. The highest BCUT2D eigenvalue weighted by Gasteiger charge is 2.49. The van der Waals surface area contributed by atoms with Crippen molar-refractivity contribution < 1.29 is 13.6 Å². The van der Waals surface area contributed by atoms with E-state index in [4.69, 9.17) is 4.43 Å². The van der Waals surface area contributed by atoms with Crippen LogP contribution in [0.2, 0.25) is 0 Å². The highest BCUT2D eigenvalue weighted by molar-refractivity contribution is 6.80. The van der Waals surface area contributed by atoms with Gasteiger partial charge in [-0.3, -0.25) is 4.79 Å². The van der Waals surface area contributed by atoms with Crippen LogP contribution in [-0.2, 0) is 9.22 Å². The minimum atomic E-state index is -1.97. The van der Waals surface area contributed by atoms with Crippen molar-refractivity contribution in [3.8, 4) is 0 Å². The summed E-state index contributed by atoms with van der Waals surface area (Å²) in [5.74, 6) is -0.629. The topological polar surface area (TPSA) is 26.3 Å². The first-order chi connectivity index (χ1) is 11.9. The molecule has 0 radical (unpaired) electrons. The van der Waals surface area contributed by atoms with Crippen LogP contribution in [-0.4, -0.2) is 27.1 Å². The van der Waals surface area contributed by atoms with Gasteiger partial charge < -0.3 is 4.43 Å². The van der Waals surface area contributed by atoms with Gasteiger partial charge in [-0.05, 0) is 15.8 Å². The zero-order valence-corrected chi connectivity index (χ0v) is 16.1. The van der Waals surface area contributed by atoms with Crippen molar-refractivity contribution in [1.29, 1.82) is 0 Å². The van der Waals surface area contributed by atoms with Gasteiger partial charge in [-0.2, -0.15) is 0 Å². The fraction of sp³-hybridized carbons (Fsp3) is 0.381. The first-order valence-electron chi connectivity index (χ1n) is 8.80. The lowest BCUT2D eigenvalue weighted by Crippen LogP contribution is -2.57. The molecule has 1 unspecified atom stereocenters. The molecule has 2 aromatic carbocycles. The number of alkyl halides is 1. The van der Waals surface area contributed by atoms with Crippen LogP contribution in [0, 0.1) is 11.3 Å². The molecule has 0 aromatic heterocycles. The van der Waals surface area contributed by atoms with Crippen molar-refractivity contribution >= 4 is 25.2 Å². The molecule has 0 amide bonds. The number of benzene rings is 2. The first kappa shape index (κ1) is 18.0. The Labute approximate surface area is 150 Å². The van der Waals surface area contributed by atoms with Crippen LogP contribution in [0.3, 0.4) is 0 Å². The largest absolute Gasteiger partial charge is 0.407 e. The Morgan fingerprint density at radius 1 is 1.00 bits per heavy atom. The van der Waals surface area contributed by atoms with Gasteiger partial charge in [0.1, 0.15) is 0 Å². The van der Waals surface area contributed by atoms with E-state index in [1.54, 1.807) is 0 Å². The molecule has 0 spiro atoms. The summed E-state index contributed by atoms with van der Waals surface area (Å²) in [5, 5.41) is 2.34. The van der Waals surface area contributed by atoms with E-state index in [1.807, 2.05) is 36.4 Å². The second-order valence-electron chi connectivity index (χ2n) is 7.86. The zero-order chi connectivity index (χ0) is 18.0. The maximum Gasteiger partial charge on any atom is 0.240 e. The minimum Gasteiger partial charge on any atom is -0.407 e. The number of hydrogen-bond acceptors (Lipinski definition) is 2. The van der Waals surface area contributed by atoms with Crippen molar-refractivity contribution in [2.45, 2.75) is 39.5 Å². The molecule has 1 aliphatic carbocycles. The smallest absolute Gasteiger partial charge is 0.240 e. The molecule has 2 aromatic rings. The van der Waals surface area contributed by atoms with Gasteiger partial charge in [-0.15, -0.1) is 0 Å². The van der Waals surface area contributed by atoms with Gasteiger partial charge in [-0.1, -0.05) is 81.4 Å². The molecule has 0 aliphatic heterocycles. The van der Waals surface area contributed by atoms with Gasteiger partial charge in [0, 0.05) is 12.3 Å². The normalized spacial score (nSPS) is 21.9. The number of hydrogen-bond donors (Lipinski definition) is 0. The molecular formula is C21H25FO2Si. The molecule has 2 nitrogen and oxygen atoms in total. The second kappa shape index (κ2) is 7.22. The molecule has 3 rings (SSSR count). The summed E-state index contributed by atoms with van der Waals surface area (Å²) in [7, 11) is -1.97. The lowest BCUT2D eigenvalue weighted by atomic mass is 9.70. The highest BCUT2D eigenvalue weighted by atomic mass is 28.3. The molecule has 0 N–H and O–H groups in total. The Morgan fingerprint density at radius 2 is 1.48 bits per heavy atom. The van der Waals surface area contributed by atoms with E-state index in [0.29, 0.717) is 0 Å². The Kier molecular flexibility index (Phi) is 5.20. The number of carbonyl (C=O) groups excluding carboxylic acids is 1. The predicted molar refractivity (Wildman–Crippen MR) is 102 cm³/mol. The van der Waals surface area contributed by atoms with Crippen LogP contribution >= 0.6 is 0 Å². The van der Waals surface area contributed by atoms with E-state index in [2.05, 4.69) is 45.0 Å². The lowest BCUT2D eigenvalue weighted by molar-refractivity contribution is -0.144. The summed E-state index contributed by atoms with van der Waals surface area (Å²) in [6.07, 6.45) is -1.38. The van der Waals surface area contributed by atoms with Crippen LogP contribution in [0.5, 0.6) is 0 Å². The number of halogens is 1. The molecule has 1 aliphatic rings. The van der Waals surface area contributed by atoms with E-state index in [0.717, 1.165) is 0 Å². The quantitative estimate of drug-likeness (QED) is 0.770. The Morgan fingerprint density at radius 3 is 1.84 bits per heavy atom. The van der Waals surface area contributed by atoms with Gasteiger partial charge in [0.2, 0.25) is 9.04 Å². The predicted octanol–water partition coefficient (Wildman–Crippen LogP) is 2.88. The maximum atomic E-state index is 14.2. The molecule has 0 saturated heterocycles. The fourth-order valence-corrected chi connectivity index (χ4v) is 6.23. The molecule has 0 bridgehead atoms. The maximum absolute atomic E-state index is 14.2. The summed E-state index contributed by atoms with van der Waals surface area (Å²) < 4.78 is 20.9.